The van der Waals surface area contributed by atoms with Crippen molar-refractivity contribution in [3.8, 4) is 11.5 Å². The van der Waals surface area contributed by atoms with Crippen molar-refractivity contribution in [1.29, 1.82) is 0 Å². The number of ether oxygens (including phenoxy) is 2. The molecule has 0 bridgehead atoms. The number of carbonyl (C=O) groups is 1. The van der Waals surface area contributed by atoms with Crippen LogP contribution in [0.15, 0.2) is 47.4 Å². The number of hydrogen-bond acceptors (Lipinski definition) is 6. The summed E-state index contributed by atoms with van der Waals surface area (Å²) in [6, 6.07) is 10.7. The highest BCUT2D eigenvalue weighted by Gasteiger charge is 2.34. The van der Waals surface area contributed by atoms with Crippen LogP contribution in [0.3, 0.4) is 0 Å². The van der Waals surface area contributed by atoms with E-state index in [9.17, 15) is 17.6 Å². The number of rotatable bonds is 4. The molecule has 5 rings (SSSR count). The molecule has 2 fully saturated rings. The molecule has 1 unspecified atom stereocenters. The van der Waals surface area contributed by atoms with E-state index in [1.54, 1.807) is 18.2 Å². The van der Waals surface area contributed by atoms with Gasteiger partial charge in [0.25, 0.3) is 5.91 Å². The van der Waals surface area contributed by atoms with E-state index in [-0.39, 0.29) is 23.2 Å². The molecule has 0 aromatic heterocycles. The molecule has 0 N–H and O–H groups in total. The monoisotopic (exact) mass is 489 g/mol. The van der Waals surface area contributed by atoms with Gasteiger partial charge in [0.05, 0.1) is 4.90 Å². The number of benzene rings is 2. The van der Waals surface area contributed by atoms with Gasteiger partial charge in [-0.15, -0.1) is 0 Å². The largest absolute Gasteiger partial charge is 0.485 e. The Morgan fingerprint density at radius 3 is 2.29 bits per heavy atom. The van der Waals surface area contributed by atoms with Crippen LogP contribution in [0.25, 0.3) is 0 Å². The van der Waals surface area contributed by atoms with Crippen LogP contribution in [0.5, 0.6) is 11.5 Å². The molecule has 1 amide bonds. The van der Waals surface area contributed by atoms with Crippen molar-refractivity contribution in [3.05, 3.63) is 48.3 Å². The summed E-state index contributed by atoms with van der Waals surface area (Å²) in [6.45, 7) is 3.18. The molecule has 3 heterocycles. The van der Waals surface area contributed by atoms with Crippen LogP contribution in [0.2, 0.25) is 0 Å². The van der Waals surface area contributed by atoms with Crippen LogP contribution in [0.1, 0.15) is 19.3 Å². The van der Waals surface area contributed by atoms with Gasteiger partial charge in [-0.05, 0) is 55.7 Å². The Hall–Kier alpha value is -2.85. The third kappa shape index (κ3) is 4.56. The van der Waals surface area contributed by atoms with Crippen LogP contribution < -0.4 is 14.4 Å². The van der Waals surface area contributed by atoms with Gasteiger partial charge in [-0.1, -0.05) is 0 Å². The zero-order chi connectivity index (χ0) is 23.7. The van der Waals surface area contributed by atoms with Crippen molar-refractivity contribution in [2.45, 2.75) is 30.3 Å². The summed E-state index contributed by atoms with van der Waals surface area (Å²) >= 11 is 0. The van der Waals surface area contributed by atoms with Gasteiger partial charge in [-0.2, -0.15) is 4.31 Å². The third-order valence-corrected chi connectivity index (χ3v) is 8.48. The van der Waals surface area contributed by atoms with E-state index in [1.807, 2.05) is 9.80 Å². The quantitative estimate of drug-likeness (QED) is 0.657. The highest BCUT2D eigenvalue weighted by Crippen LogP contribution is 2.35. The van der Waals surface area contributed by atoms with Gasteiger partial charge in [-0.3, -0.25) is 4.79 Å². The van der Waals surface area contributed by atoms with Crippen molar-refractivity contribution in [3.63, 3.8) is 0 Å². The van der Waals surface area contributed by atoms with Crippen LogP contribution in [0.4, 0.5) is 10.1 Å². The van der Waals surface area contributed by atoms with Gasteiger partial charge < -0.3 is 19.3 Å². The topological polar surface area (TPSA) is 79.4 Å². The maximum Gasteiger partial charge on any atom is 0.267 e. The second kappa shape index (κ2) is 9.42. The zero-order valence-electron chi connectivity index (χ0n) is 18.9. The number of fused-ring (bicyclic) bond motifs is 1. The van der Waals surface area contributed by atoms with E-state index < -0.39 is 16.1 Å². The molecule has 10 heteroatoms. The molecule has 1 atom stereocenters. The smallest absolute Gasteiger partial charge is 0.267 e. The van der Waals surface area contributed by atoms with E-state index in [0.717, 1.165) is 38.0 Å². The van der Waals surface area contributed by atoms with Crippen molar-refractivity contribution in [2.24, 2.45) is 0 Å². The summed E-state index contributed by atoms with van der Waals surface area (Å²) in [7, 11) is -3.72. The minimum atomic E-state index is -3.72. The number of hydrogen-bond donors (Lipinski definition) is 0. The molecule has 34 heavy (non-hydrogen) atoms. The first-order valence-corrected chi connectivity index (χ1v) is 13.1. The van der Waals surface area contributed by atoms with Crippen LogP contribution >= 0.6 is 0 Å². The van der Waals surface area contributed by atoms with Crippen LogP contribution in [-0.4, -0.2) is 75.5 Å². The van der Waals surface area contributed by atoms with Gasteiger partial charge in [0.1, 0.15) is 12.4 Å². The third-order valence-electron chi connectivity index (χ3n) is 6.59. The average Bonchev–Trinajstić information content (AvgIpc) is 2.88. The maximum absolute atomic E-state index is 13.2. The minimum absolute atomic E-state index is 0.0577. The van der Waals surface area contributed by atoms with E-state index in [0.29, 0.717) is 37.7 Å². The standard InChI is InChI=1S/C24H28FN3O5S/c25-18-4-6-19(7-5-18)26-12-14-28(15-13-26)34(30,31)20-8-9-21-22(16-20)32-17-23(33-21)24(29)27-10-2-1-3-11-27/h4-9,16,23H,1-3,10-15,17H2. The van der Waals surface area contributed by atoms with Gasteiger partial charge in [0, 0.05) is 51.0 Å². The lowest BCUT2D eigenvalue weighted by Crippen LogP contribution is -2.49. The Morgan fingerprint density at radius 2 is 1.59 bits per heavy atom. The molecule has 2 aromatic carbocycles. The molecule has 2 aromatic rings. The molecule has 182 valence electrons. The normalized spacial score (nSPS) is 21.4. The fourth-order valence-corrected chi connectivity index (χ4v) is 6.08. The Balaban J connectivity index is 1.24. The molecule has 3 aliphatic rings. The summed E-state index contributed by atoms with van der Waals surface area (Å²) in [5, 5.41) is 0. The predicted octanol–water partition coefficient (Wildman–Crippen LogP) is 2.49. The average molecular weight is 490 g/mol. The molecule has 0 saturated carbocycles. The maximum atomic E-state index is 13.2. The Kier molecular flexibility index (Phi) is 6.35. The van der Waals surface area contributed by atoms with E-state index >= 15 is 0 Å². The number of piperazine rings is 1. The molecular formula is C24H28FN3O5S. The van der Waals surface area contributed by atoms with Crippen molar-refractivity contribution < 1.29 is 27.1 Å². The second-order valence-electron chi connectivity index (χ2n) is 8.78. The SMILES string of the molecule is O=C(C1COc2cc(S(=O)(=O)N3CCN(c4ccc(F)cc4)CC3)ccc2O1)N1CCCCC1. The number of halogens is 1. The summed E-state index contributed by atoms with van der Waals surface area (Å²) in [5.41, 5.74) is 0.867. The number of carbonyl (C=O) groups excluding carboxylic acids is 1. The Bertz CT molecular complexity index is 1140. The number of piperidine rings is 1. The van der Waals surface area contributed by atoms with Crippen molar-refractivity contribution in [1.82, 2.24) is 9.21 Å². The first-order valence-electron chi connectivity index (χ1n) is 11.6. The molecule has 0 radical (unpaired) electrons. The lowest BCUT2D eigenvalue weighted by Gasteiger charge is -2.35. The molecule has 0 spiro atoms. The van der Waals surface area contributed by atoms with Gasteiger partial charge in [0.2, 0.25) is 16.1 Å². The van der Waals surface area contributed by atoms with Crippen molar-refractivity contribution >= 4 is 21.6 Å². The minimum Gasteiger partial charge on any atom is -0.485 e. The van der Waals surface area contributed by atoms with E-state index in [1.165, 1.54) is 28.6 Å². The molecule has 8 nitrogen and oxygen atoms in total. The molecule has 3 aliphatic heterocycles. The van der Waals surface area contributed by atoms with E-state index in [2.05, 4.69) is 0 Å². The van der Waals surface area contributed by atoms with Gasteiger partial charge in [-0.25, -0.2) is 12.8 Å². The lowest BCUT2D eigenvalue weighted by molar-refractivity contribution is -0.142. The fourth-order valence-electron chi connectivity index (χ4n) is 4.64. The van der Waals surface area contributed by atoms with Gasteiger partial charge in [0.15, 0.2) is 11.5 Å². The first-order chi connectivity index (χ1) is 16.4. The highest BCUT2D eigenvalue weighted by atomic mass is 32.2. The summed E-state index contributed by atoms with van der Waals surface area (Å²) in [5.74, 6) is 0.322. The second-order valence-corrected chi connectivity index (χ2v) is 10.7. The Labute approximate surface area is 198 Å². The summed E-state index contributed by atoms with van der Waals surface area (Å²) in [4.78, 5) is 16.7. The lowest BCUT2D eigenvalue weighted by atomic mass is 10.1. The van der Waals surface area contributed by atoms with Crippen LogP contribution in [-0.2, 0) is 14.8 Å². The number of nitrogens with zero attached hydrogens (tertiary/aromatic N) is 3. The fraction of sp³-hybridized carbons (Fsp3) is 0.458. The molecule has 2 saturated heterocycles. The number of likely N-dealkylation sites (tertiary alicyclic amines) is 1. The van der Waals surface area contributed by atoms with Crippen molar-refractivity contribution in [2.75, 3.05) is 50.8 Å². The highest BCUT2D eigenvalue weighted by molar-refractivity contribution is 7.89. The number of amides is 1. The first kappa shape index (κ1) is 22.9. The summed E-state index contributed by atoms with van der Waals surface area (Å²) in [6.07, 6.45) is 2.41. The predicted molar refractivity (Wildman–Crippen MR) is 124 cm³/mol. The Morgan fingerprint density at radius 1 is 0.882 bits per heavy atom. The molecular weight excluding hydrogens is 461 g/mol. The van der Waals surface area contributed by atoms with Gasteiger partial charge >= 0.3 is 0 Å². The zero-order valence-corrected chi connectivity index (χ0v) is 19.7. The molecule has 0 aliphatic carbocycles. The summed E-state index contributed by atoms with van der Waals surface area (Å²) < 4.78 is 52.7. The van der Waals surface area contributed by atoms with E-state index in [4.69, 9.17) is 9.47 Å². The number of sulfonamides is 1. The number of anilines is 1. The van der Waals surface area contributed by atoms with Crippen LogP contribution in [0, 0.1) is 5.82 Å².